The Morgan fingerprint density at radius 1 is 1.33 bits per heavy atom. The van der Waals surface area contributed by atoms with Crippen LogP contribution in [0.5, 0.6) is 0 Å². The first kappa shape index (κ1) is 12.8. The molecule has 0 aromatic heterocycles. The van der Waals surface area contributed by atoms with Gasteiger partial charge >= 0.3 is 0 Å². The van der Waals surface area contributed by atoms with Crippen LogP contribution in [-0.4, -0.2) is 30.2 Å². The minimum absolute atomic E-state index is 0.325. The molecule has 0 unspecified atom stereocenters. The van der Waals surface area contributed by atoms with Gasteiger partial charge in [-0.15, -0.1) is 0 Å². The molecule has 2 rings (SSSR count). The number of nitrogens with zero attached hydrogens (tertiary/aromatic N) is 1. The molecule has 0 fully saturated rings. The Hall–Kier alpha value is -1.62. The first-order valence-electron chi connectivity index (χ1n) is 6.00. The molecule has 0 amide bonds. The van der Waals surface area contributed by atoms with Crippen molar-refractivity contribution in [3.63, 3.8) is 0 Å². The normalized spacial score (nSPS) is 14.1. The van der Waals surface area contributed by atoms with Gasteiger partial charge in [0.25, 0.3) is 0 Å². The zero-order valence-electron chi connectivity index (χ0n) is 10.6. The summed E-state index contributed by atoms with van der Waals surface area (Å²) in [5.74, 6) is 0.726. The van der Waals surface area contributed by atoms with Crippen LogP contribution >= 0.6 is 12.2 Å². The van der Waals surface area contributed by atoms with Crippen LogP contribution in [0, 0.1) is 0 Å². The van der Waals surface area contributed by atoms with E-state index >= 15 is 0 Å². The van der Waals surface area contributed by atoms with E-state index in [1.54, 1.807) is 0 Å². The minimum Gasteiger partial charge on any atom is -0.476 e. The molecule has 0 spiro atoms. The number of rotatable bonds is 3. The number of ether oxygens (including phenoxy) is 1. The van der Waals surface area contributed by atoms with E-state index in [1.165, 1.54) is 0 Å². The molecule has 1 aliphatic rings. The second kappa shape index (κ2) is 5.82. The third-order valence-electron chi connectivity index (χ3n) is 2.39. The largest absolute Gasteiger partial charge is 0.476 e. The van der Waals surface area contributed by atoms with Gasteiger partial charge in [0.05, 0.1) is 6.54 Å². The first-order chi connectivity index (χ1) is 8.65. The summed E-state index contributed by atoms with van der Waals surface area (Å²) < 4.78 is 5.40. The average Bonchev–Trinajstić information content (AvgIpc) is 2.82. The summed E-state index contributed by atoms with van der Waals surface area (Å²) in [5.41, 5.74) is 1.95. The number of aliphatic imine (C=N–C) groups is 1. The Balaban J connectivity index is 1.97. The van der Waals surface area contributed by atoms with E-state index in [0.717, 1.165) is 23.7 Å². The number of nitrogens with one attached hydrogen (secondary N) is 2. The number of benzene rings is 1. The molecule has 1 aliphatic heterocycles. The fourth-order valence-corrected chi connectivity index (χ4v) is 1.99. The van der Waals surface area contributed by atoms with Gasteiger partial charge in [-0.05, 0) is 50.3 Å². The van der Waals surface area contributed by atoms with Gasteiger partial charge in [-0.25, -0.2) is 4.99 Å². The molecule has 0 bridgehead atoms. The van der Waals surface area contributed by atoms with E-state index in [0.29, 0.717) is 17.8 Å². The van der Waals surface area contributed by atoms with Crippen molar-refractivity contribution >= 4 is 28.9 Å². The third-order valence-corrected chi connectivity index (χ3v) is 2.61. The molecule has 96 valence electrons. The van der Waals surface area contributed by atoms with Crippen molar-refractivity contribution in [3.8, 4) is 0 Å². The van der Waals surface area contributed by atoms with E-state index in [1.807, 2.05) is 38.1 Å². The SMILES string of the molecule is CC(C)NC(=S)Nc1ccc(C2=NCCO2)cc1. The smallest absolute Gasteiger partial charge is 0.216 e. The van der Waals surface area contributed by atoms with Crippen LogP contribution in [0.15, 0.2) is 29.3 Å². The molecular weight excluding hydrogens is 246 g/mol. The van der Waals surface area contributed by atoms with Crippen LogP contribution in [-0.2, 0) is 4.74 Å². The summed E-state index contributed by atoms with van der Waals surface area (Å²) in [6, 6.07) is 8.21. The van der Waals surface area contributed by atoms with Crippen molar-refractivity contribution in [3.05, 3.63) is 29.8 Å². The number of hydrogen-bond donors (Lipinski definition) is 2. The predicted octanol–water partition coefficient (Wildman–Crippen LogP) is 2.16. The fourth-order valence-electron chi connectivity index (χ4n) is 1.64. The maximum absolute atomic E-state index is 5.40. The van der Waals surface area contributed by atoms with Crippen LogP contribution < -0.4 is 10.6 Å². The average molecular weight is 263 g/mol. The van der Waals surface area contributed by atoms with Gasteiger partial charge in [0, 0.05) is 17.3 Å². The van der Waals surface area contributed by atoms with Crippen LogP contribution in [0.25, 0.3) is 0 Å². The maximum atomic E-state index is 5.40. The first-order valence-corrected chi connectivity index (χ1v) is 6.41. The molecule has 5 heteroatoms. The maximum Gasteiger partial charge on any atom is 0.216 e. The molecule has 1 aromatic carbocycles. The van der Waals surface area contributed by atoms with Gasteiger partial charge in [0.15, 0.2) is 5.11 Å². The van der Waals surface area contributed by atoms with Gasteiger partial charge in [0.2, 0.25) is 5.90 Å². The third kappa shape index (κ3) is 3.43. The van der Waals surface area contributed by atoms with Crippen LogP contribution in [0.2, 0.25) is 0 Å². The molecular formula is C13H17N3OS. The zero-order valence-corrected chi connectivity index (χ0v) is 11.4. The summed E-state index contributed by atoms with van der Waals surface area (Å²) in [7, 11) is 0. The second-order valence-corrected chi connectivity index (χ2v) is 4.77. The van der Waals surface area contributed by atoms with Crippen molar-refractivity contribution in [1.82, 2.24) is 5.32 Å². The molecule has 0 saturated carbocycles. The number of thiocarbonyl (C=S) groups is 1. The highest BCUT2D eigenvalue weighted by Gasteiger charge is 2.09. The van der Waals surface area contributed by atoms with Crippen LogP contribution in [0.4, 0.5) is 5.69 Å². The van der Waals surface area contributed by atoms with Crippen molar-refractivity contribution < 1.29 is 4.74 Å². The Kier molecular flexibility index (Phi) is 4.15. The summed E-state index contributed by atoms with van der Waals surface area (Å²) in [6.07, 6.45) is 0. The van der Waals surface area contributed by atoms with E-state index in [2.05, 4.69) is 15.6 Å². The van der Waals surface area contributed by atoms with E-state index in [4.69, 9.17) is 17.0 Å². The van der Waals surface area contributed by atoms with Gasteiger partial charge in [-0.3, -0.25) is 0 Å². The lowest BCUT2D eigenvalue weighted by Crippen LogP contribution is -2.33. The lowest BCUT2D eigenvalue weighted by Gasteiger charge is -2.13. The topological polar surface area (TPSA) is 45.7 Å². The summed E-state index contributed by atoms with van der Waals surface area (Å²) in [6.45, 7) is 5.52. The molecule has 2 N–H and O–H groups in total. The molecule has 4 nitrogen and oxygen atoms in total. The van der Waals surface area contributed by atoms with Gasteiger partial charge in [-0.2, -0.15) is 0 Å². The van der Waals surface area contributed by atoms with Crippen molar-refractivity contribution in [1.29, 1.82) is 0 Å². The summed E-state index contributed by atoms with van der Waals surface area (Å²) >= 11 is 5.18. The van der Waals surface area contributed by atoms with E-state index in [9.17, 15) is 0 Å². The fraction of sp³-hybridized carbons (Fsp3) is 0.385. The number of hydrogen-bond acceptors (Lipinski definition) is 3. The Morgan fingerprint density at radius 2 is 2.06 bits per heavy atom. The molecule has 1 aromatic rings. The lowest BCUT2D eigenvalue weighted by molar-refractivity contribution is 0.348. The molecule has 0 atom stereocenters. The molecule has 0 radical (unpaired) electrons. The standard InChI is InChI=1S/C13H17N3OS/c1-9(2)15-13(18)16-11-5-3-10(4-6-11)12-14-7-8-17-12/h3-6,9H,7-8H2,1-2H3,(H2,15,16,18). The highest BCUT2D eigenvalue weighted by molar-refractivity contribution is 7.80. The monoisotopic (exact) mass is 263 g/mol. The minimum atomic E-state index is 0.325. The molecule has 1 heterocycles. The van der Waals surface area contributed by atoms with Gasteiger partial charge < -0.3 is 15.4 Å². The van der Waals surface area contributed by atoms with Gasteiger partial charge in [-0.1, -0.05) is 0 Å². The Morgan fingerprint density at radius 3 is 2.61 bits per heavy atom. The van der Waals surface area contributed by atoms with Gasteiger partial charge in [0.1, 0.15) is 6.61 Å². The van der Waals surface area contributed by atoms with Crippen molar-refractivity contribution in [2.75, 3.05) is 18.5 Å². The predicted molar refractivity (Wildman–Crippen MR) is 78.3 cm³/mol. The lowest BCUT2D eigenvalue weighted by atomic mass is 10.2. The number of anilines is 1. The highest BCUT2D eigenvalue weighted by atomic mass is 32.1. The molecule has 0 saturated heterocycles. The van der Waals surface area contributed by atoms with Crippen LogP contribution in [0.3, 0.4) is 0 Å². The van der Waals surface area contributed by atoms with Crippen molar-refractivity contribution in [2.45, 2.75) is 19.9 Å². The van der Waals surface area contributed by atoms with Crippen LogP contribution in [0.1, 0.15) is 19.4 Å². The van der Waals surface area contributed by atoms with Crippen molar-refractivity contribution in [2.24, 2.45) is 4.99 Å². The van der Waals surface area contributed by atoms with E-state index < -0.39 is 0 Å². The molecule has 18 heavy (non-hydrogen) atoms. The highest BCUT2D eigenvalue weighted by Crippen LogP contribution is 2.12. The summed E-state index contributed by atoms with van der Waals surface area (Å²) in [5, 5.41) is 6.90. The van der Waals surface area contributed by atoms with E-state index in [-0.39, 0.29) is 0 Å². The Bertz CT molecular complexity index is 454. The quantitative estimate of drug-likeness (QED) is 0.820. The molecule has 0 aliphatic carbocycles. The Labute approximate surface area is 112 Å². The summed E-state index contributed by atoms with van der Waals surface area (Å²) in [4.78, 5) is 4.27. The second-order valence-electron chi connectivity index (χ2n) is 4.37. The zero-order chi connectivity index (χ0) is 13.0.